The van der Waals surface area contributed by atoms with E-state index in [0.29, 0.717) is 40.0 Å². The number of halogens is 1. The number of esters is 1. The van der Waals surface area contributed by atoms with Gasteiger partial charge in [0.05, 0.1) is 18.9 Å². The number of benzene rings is 4. The molecule has 0 spiro atoms. The number of nitrogens with zero attached hydrogens (tertiary/aromatic N) is 1. The second kappa shape index (κ2) is 13.6. The highest BCUT2D eigenvalue weighted by Crippen LogP contribution is 2.28. The van der Waals surface area contributed by atoms with Gasteiger partial charge in [0.15, 0.2) is 18.1 Å². The first-order valence-corrected chi connectivity index (χ1v) is 12.3. The van der Waals surface area contributed by atoms with E-state index in [1.165, 1.54) is 13.3 Å². The Kier molecular flexibility index (Phi) is 9.52. The molecule has 0 atom stereocenters. The van der Waals surface area contributed by atoms with Gasteiger partial charge in [-0.1, -0.05) is 41.9 Å². The van der Waals surface area contributed by atoms with Crippen LogP contribution < -0.4 is 24.4 Å². The first-order chi connectivity index (χ1) is 19.0. The smallest absolute Gasteiger partial charge is 0.343 e. The van der Waals surface area contributed by atoms with E-state index in [-0.39, 0.29) is 12.4 Å². The van der Waals surface area contributed by atoms with Crippen molar-refractivity contribution in [2.45, 2.75) is 6.61 Å². The third-order valence-corrected chi connectivity index (χ3v) is 5.57. The Balaban J connectivity index is 1.23. The third kappa shape index (κ3) is 8.34. The molecule has 0 aromatic heterocycles. The zero-order valence-electron chi connectivity index (χ0n) is 21.0. The minimum absolute atomic E-state index is 0.218. The highest BCUT2D eigenvalue weighted by molar-refractivity contribution is 6.30. The summed E-state index contributed by atoms with van der Waals surface area (Å²) in [6.07, 6.45) is 1.43. The summed E-state index contributed by atoms with van der Waals surface area (Å²) in [7, 11) is 1.46. The van der Waals surface area contributed by atoms with Crippen molar-refractivity contribution >= 4 is 29.7 Å². The molecule has 0 unspecified atom stereocenters. The number of nitrogens with one attached hydrogen (secondary N) is 1. The van der Waals surface area contributed by atoms with Crippen LogP contribution in [-0.2, 0) is 11.4 Å². The number of carbonyl (C=O) groups excluding carboxylic acids is 2. The largest absolute Gasteiger partial charge is 0.493 e. The van der Waals surface area contributed by atoms with Gasteiger partial charge < -0.3 is 18.9 Å². The summed E-state index contributed by atoms with van der Waals surface area (Å²) >= 11 is 5.86. The number of hydrogen-bond acceptors (Lipinski definition) is 7. The maximum atomic E-state index is 12.4. The van der Waals surface area contributed by atoms with Crippen LogP contribution in [0, 0.1) is 0 Å². The molecule has 0 bridgehead atoms. The summed E-state index contributed by atoms with van der Waals surface area (Å²) in [5.41, 5.74) is 4.44. The van der Waals surface area contributed by atoms with E-state index < -0.39 is 11.9 Å². The van der Waals surface area contributed by atoms with Crippen LogP contribution >= 0.6 is 11.6 Å². The predicted molar refractivity (Wildman–Crippen MR) is 148 cm³/mol. The summed E-state index contributed by atoms with van der Waals surface area (Å²) in [6.45, 7) is 0.245. The van der Waals surface area contributed by atoms with Crippen LogP contribution in [0.1, 0.15) is 21.5 Å². The Labute approximate surface area is 230 Å². The van der Waals surface area contributed by atoms with Crippen molar-refractivity contribution in [3.05, 3.63) is 119 Å². The molecule has 8 nitrogen and oxygen atoms in total. The predicted octanol–water partition coefficient (Wildman–Crippen LogP) is 5.68. The summed E-state index contributed by atoms with van der Waals surface area (Å²) < 4.78 is 22.0. The molecule has 4 rings (SSSR count). The molecule has 0 saturated heterocycles. The van der Waals surface area contributed by atoms with E-state index in [0.717, 1.165) is 5.56 Å². The van der Waals surface area contributed by atoms with Crippen LogP contribution in [0.4, 0.5) is 0 Å². The van der Waals surface area contributed by atoms with Gasteiger partial charge in [-0.25, -0.2) is 10.2 Å². The molecule has 39 heavy (non-hydrogen) atoms. The Morgan fingerprint density at radius 2 is 1.54 bits per heavy atom. The number of carbonyl (C=O) groups is 2. The van der Waals surface area contributed by atoms with E-state index in [4.69, 9.17) is 30.5 Å². The molecule has 0 fully saturated rings. The molecule has 0 saturated carbocycles. The number of amides is 1. The molecular formula is C30H25ClN2O6. The highest BCUT2D eigenvalue weighted by atomic mass is 35.5. The number of methoxy groups -OCH3 is 1. The lowest BCUT2D eigenvalue weighted by Crippen LogP contribution is -2.24. The van der Waals surface area contributed by atoms with Crippen molar-refractivity contribution in [1.82, 2.24) is 5.43 Å². The molecule has 198 valence electrons. The molecule has 1 N–H and O–H groups in total. The second-order valence-electron chi connectivity index (χ2n) is 8.13. The molecule has 4 aromatic carbocycles. The first kappa shape index (κ1) is 27.2. The fourth-order valence-electron chi connectivity index (χ4n) is 3.33. The zero-order chi connectivity index (χ0) is 27.5. The summed E-state index contributed by atoms with van der Waals surface area (Å²) in [6, 6.07) is 28.1. The van der Waals surface area contributed by atoms with Crippen LogP contribution in [0.3, 0.4) is 0 Å². The van der Waals surface area contributed by atoms with Gasteiger partial charge in [0.1, 0.15) is 18.1 Å². The maximum Gasteiger partial charge on any atom is 0.343 e. The summed E-state index contributed by atoms with van der Waals surface area (Å²) in [5, 5.41) is 4.46. The topological polar surface area (TPSA) is 95.5 Å². The molecular weight excluding hydrogens is 520 g/mol. The molecule has 0 aliphatic heterocycles. The van der Waals surface area contributed by atoms with Crippen LogP contribution in [0.2, 0.25) is 5.02 Å². The average Bonchev–Trinajstić information content (AvgIpc) is 2.97. The Bertz CT molecular complexity index is 1420. The monoisotopic (exact) mass is 544 g/mol. The summed E-state index contributed by atoms with van der Waals surface area (Å²) in [4.78, 5) is 24.5. The fourth-order valence-corrected chi connectivity index (χ4v) is 3.45. The van der Waals surface area contributed by atoms with Crippen molar-refractivity contribution < 1.29 is 28.5 Å². The standard InChI is InChI=1S/C30H25ClN2O6/c1-36-28-17-22(7-16-27(28)39-30(35)23-8-10-24(31)11-9-23)18-32-33-29(34)20-38-26-14-12-25(13-15-26)37-19-21-5-3-2-4-6-21/h2-18H,19-20H2,1H3,(H,33,34)/b32-18-. The molecule has 0 radical (unpaired) electrons. The third-order valence-electron chi connectivity index (χ3n) is 5.32. The second-order valence-corrected chi connectivity index (χ2v) is 8.57. The van der Waals surface area contributed by atoms with Crippen LogP contribution in [0.25, 0.3) is 0 Å². The lowest BCUT2D eigenvalue weighted by atomic mass is 10.2. The highest BCUT2D eigenvalue weighted by Gasteiger charge is 2.13. The number of rotatable bonds is 11. The SMILES string of the molecule is COc1cc(/C=N\NC(=O)COc2ccc(OCc3ccccc3)cc2)ccc1OC(=O)c1ccc(Cl)cc1. The Morgan fingerprint density at radius 1 is 0.846 bits per heavy atom. The van der Waals surface area contributed by atoms with Crippen molar-refractivity contribution in [2.24, 2.45) is 5.10 Å². The minimum atomic E-state index is -0.548. The van der Waals surface area contributed by atoms with E-state index in [9.17, 15) is 9.59 Å². The molecule has 0 aliphatic carbocycles. The van der Waals surface area contributed by atoms with E-state index in [2.05, 4.69) is 10.5 Å². The molecule has 0 aliphatic rings. The van der Waals surface area contributed by atoms with Gasteiger partial charge in [-0.3, -0.25) is 4.79 Å². The van der Waals surface area contributed by atoms with Gasteiger partial charge in [0.25, 0.3) is 5.91 Å². The maximum absolute atomic E-state index is 12.4. The van der Waals surface area contributed by atoms with Crippen LogP contribution in [0.15, 0.2) is 102 Å². The van der Waals surface area contributed by atoms with Gasteiger partial charge in [0, 0.05) is 5.02 Å². The number of hydrazone groups is 1. The first-order valence-electron chi connectivity index (χ1n) is 11.9. The molecule has 1 amide bonds. The number of ether oxygens (including phenoxy) is 4. The summed E-state index contributed by atoms with van der Waals surface area (Å²) in [5.74, 6) is 0.802. The van der Waals surface area contributed by atoms with E-state index >= 15 is 0 Å². The van der Waals surface area contributed by atoms with Crippen molar-refractivity contribution in [3.63, 3.8) is 0 Å². The van der Waals surface area contributed by atoms with Crippen molar-refractivity contribution in [3.8, 4) is 23.0 Å². The van der Waals surface area contributed by atoms with E-state index in [1.807, 2.05) is 30.3 Å². The van der Waals surface area contributed by atoms with Crippen molar-refractivity contribution in [2.75, 3.05) is 13.7 Å². The van der Waals surface area contributed by atoms with Gasteiger partial charge in [-0.15, -0.1) is 0 Å². The lowest BCUT2D eigenvalue weighted by molar-refractivity contribution is -0.123. The molecule has 9 heteroatoms. The normalized spacial score (nSPS) is 10.6. The average molecular weight is 545 g/mol. The van der Waals surface area contributed by atoms with Crippen LogP contribution in [-0.4, -0.2) is 31.8 Å². The van der Waals surface area contributed by atoms with E-state index in [1.54, 1.807) is 66.7 Å². The number of hydrogen-bond donors (Lipinski definition) is 1. The van der Waals surface area contributed by atoms with Gasteiger partial charge in [-0.2, -0.15) is 5.10 Å². The molecule has 0 heterocycles. The molecule has 4 aromatic rings. The lowest BCUT2D eigenvalue weighted by Gasteiger charge is -2.10. The fraction of sp³-hybridized carbons (Fsp3) is 0.100. The van der Waals surface area contributed by atoms with Gasteiger partial charge in [0.2, 0.25) is 0 Å². The van der Waals surface area contributed by atoms with Crippen molar-refractivity contribution in [1.29, 1.82) is 0 Å². The van der Waals surface area contributed by atoms with Gasteiger partial charge >= 0.3 is 5.97 Å². The Hall–Kier alpha value is -4.82. The minimum Gasteiger partial charge on any atom is -0.493 e. The quantitative estimate of drug-likeness (QED) is 0.113. The Morgan fingerprint density at radius 3 is 2.23 bits per heavy atom. The van der Waals surface area contributed by atoms with Crippen LogP contribution in [0.5, 0.6) is 23.0 Å². The zero-order valence-corrected chi connectivity index (χ0v) is 21.8. The van der Waals surface area contributed by atoms with Gasteiger partial charge in [-0.05, 0) is 77.9 Å².